The number of ether oxygens (including phenoxy) is 1. The molecule has 3 aliphatic heterocycles. The number of rotatable bonds is 5. The Morgan fingerprint density at radius 2 is 1.27 bits per heavy atom. The van der Waals surface area contributed by atoms with E-state index in [-0.39, 0.29) is 11.9 Å². The Morgan fingerprint density at radius 3 is 1.76 bits per heavy atom. The van der Waals surface area contributed by atoms with Crippen LogP contribution in [0.4, 0.5) is 22.4 Å². The van der Waals surface area contributed by atoms with E-state index < -0.39 is 5.60 Å². The van der Waals surface area contributed by atoms with Crippen LogP contribution in [0, 0.1) is 0 Å². The van der Waals surface area contributed by atoms with Crippen LogP contribution in [-0.2, 0) is 16.0 Å². The lowest BCUT2D eigenvalue weighted by molar-refractivity contribution is -0.116. The van der Waals surface area contributed by atoms with Crippen LogP contribution in [0.1, 0.15) is 58.9 Å². The zero-order valence-corrected chi connectivity index (χ0v) is 20.6. The smallest absolute Gasteiger partial charge is 0.410 e. The van der Waals surface area contributed by atoms with Crippen LogP contribution in [0.2, 0.25) is 0 Å². The average Bonchev–Trinajstić information content (AvgIpc) is 3.47. The molecule has 33 heavy (non-hydrogen) atoms. The van der Waals surface area contributed by atoms with E-state index in [9.17, 15) is 9.59 Å². The molecule has 0 atom stereocenters. The number of aromatic nitrogens is 2. The van der Waals surface area contributed by atoms with Crippen molar-refractivity contribution in [1.29, 1.82) is 0 Å². The summed E-state index contributed by atoms with van der Waals surface area (Å²) in [6.07, 6.45) is 4.65. The van der Waals surface area contributed by atoms with Crippen molar-refractivity contribution in [1.82, 2.24) is 14.9 Å². The van der Waals surface area contributed by atoms with Crippen LogP contribution in [0.25, 0.3) is 0 Å². The minimum Gasteiger partial charge on any atom is -0.444 e. The van der Waals surface area contributed by atoms with Crippen LogP contribution >= 0.6 is 0 Å². The second kappa shape index (κ2) is 9.73. The van der Waals surface area contributed by atoms with Gasteiger partial charge >= 0.3 is 6.09 Å². The van der Waals surface area contributed by atoms with E-state index in [0.717, 1.165) is 75.0 Å². The van der Waals surface area contributed by atoms with Crippen LogP contribution in [0.5, 0.6) is 0 Å². The van der Waals surface area contributed by atoms with Gasteiger partial charge in [0.2, 0.25) is 5.95 Å². The Kier molecular flexibility index (Phi) is 6.95. The van der Waals surface area contributed by atoms with Gasteiger partial charge in [-0.25, -0.2) is 4.79 Å². The maximum Gasteiger partial charge on any atom is 0.410 e. The summed E-state index contributed by atoms with van der Waals surface area (Å²) in [5.74, 6) is 2.66. The molecule has 1 aromatic rings. The van der Waals surface area contributed by atoms with Gasteiger partial charge in [0, 0.05) is 64.3 Å². The van der Waals surface area contributed by atoms with E-state index in [1.807, 2.05) is 20.8 Å². The zero-order valence-electron chi connectivity index (χ0n) is 20.6. The van der Waals surface area contributed by atoms with Crippen molar-refractivity contribution in [2.45, 2.75) is 65.4 Å². The predicted octanol–water partition coefficient (Wildman–Crippen LogP) is 2.87. The van der Waals surface area contributed by atoms with Crippen molar-refractivity contribution in [3.63, 3.8) is 0 Å². The molecular formula is C24H38N6O3. The molecule has 0 spiro atoms. The standard InChI is InChI=1S/C24H38N6O3/c1-18(31)17-19-20(27-9-5-6-10-27)25-22(29-11-7-8-12-29)26-21(19)28-13-15-30(16-14-28)23(32)33-24(2,3)4/h5-17H2,1-4H3. The summed E-state index contributed by atoms with van der Waals surface area (Å²) in [6.45, 7) is 13.6. The molecule has 4 rings (SSSR count). The fourth-order valence-electron chi connectivity index (χ4n) is 4.79. The van der Waals surface area contributed by atoms with Gasteiger partial charge in [0.15, 0.2) is 0 Å². The molecule has 0 aliphatic carbocycles. The largest absolute Gasteiger partial charge is 0.444 e. The van der Waals surface area contributed by atoms with Crippen molar-refractivity contribution < 1.29 is 14.3 Å². The zero-order chi connectivity index (χ0) is 23.6. The molecule has 0 bridgehead atoms. The minimum atomic E-state index is -0.509. The second-order valence-corrected chi connectivity index (χ2v) is 10.4. The number of hydrogen-bond acceptors (Lipinski definition) is 8. The molecule has 0 N–H and O–H groups in total. The molecule has 0 saturated carbocycles. The Hall–Kier alpha value is -2.58. The number of hydrogen-bond donors (Lipinski definition) is 0. The molecule has 0 unspecified atom stereocenters. The third-order valence-electron chi connectivity index (χ3n) is 6.40. The van der Waals surface area contributed by atoms with Crippen LogP contribution < -0.4 is 14.7 Å². The van der Waals surface area contributed by atoms with Crippen LogP contribution in [-0.4, -0.2) is 84.7 Å². The average molecular weight is 459 g/mol. The molecule has 9 nitrogen and oxygen atoms in total. The highest BCUT2D eigenvalue weighted by atomic mass is 16.6. The van der Waals surface area contributed by atoms with Gasteiger partial charge in [0.05, 0.1) is 0 Å². The van der Waals surface area contributed by atoms with E-state index in [2.05, 4.69) is 14.7 Å². The minimum absolute atomic E-state index is 0.113. The highest BCUT2D eigenvalue weighted by molar-refractivity contribution is 5.83. The molecular weight excluding hydrogens is 420 g/mol. The number of carbonyl (C=O) groups is 2. The van der Waals surface area contributed by atoms with Crippen molar-refractivity contribution in [2.75, 3.05) is 67.1 Å². The third kappa shape index (κ3) is 5.68. The fraction of sp³-hybridized carbons (Fsp3) is 0.750. The summed E-state index contributed by atoms with van der Waals surface area (Å²) >= 11 is 0. The van der Waals surface area contributed by atoms with Gasteiger partial charge < -0.3 is 24.3 Å². The summed E-state index contributed by atoms with van der Waals surface area (Å²) in [7, 11) is 0. The van der Waals surface area contributed by atoms with Crippen molar-refractivity contribution in [3.05, 3.63) is 5.56 Å². The molecule has 0 radical (unpaired) electrons. The van der Waals surface area contributed by atoms with Gasteiger partial charge in [-0.1, -0.05) is 0 Å². The Balaban J connectivity index is 1.63. The molecule has 0 aromatic carbocycles. The van der Waals surface area contributed by atoms with Gasteiger partial charge in [-0.15, -0.1) is 0 Å². The van der Waals surface area contributed by atoms with Gasteiger partial charge in [-0.2, -0.15) is 9.97 Å². The number of ketones is 1. The van der Waals surface area contributed by atoms with E-state index in [4.69, 9.17) is 14.7 Å². The normalized spacial score (nSPS) is 19.4. The molecule has 182 valence electrons. The molecule has 9 heteroatoms. The number of anilines is 3. The fourth-order valence-corrected chi connectivity index (χ4v) is 4.79. The summed E-state index contributed by atoms with van der Waals surface area (Å²) in [6, 6.07) is 0. The van der Waals surface area contributed by atoms with E-state index in [1.165, 1.54) is 0 Å². The number of Topliss-reactive ketones (excluding diaryl/α,β-unsaturated/α-hetero) is 1. The Morgan fingerprint density at radius 1 is 0.788 bits per heavy atom. The topological polar surface area (TPSA) is 82.1 Å². The molecule has 1 amide bonds. The van der Waals surface area contributed by atoms with Gasteiger partial charge in [0.1, 0.15) is 23.0 Å². The van der Waals surface area contributed by atoms with Gasteiger partial charge in [-0.3, -0.25) is 4.79 Å². The number of amides is 1. The highest BCUT2D eigenvalue weighted by Gasteiger charge is 2.31. The first kappa shape index (κ1) is 23.6. The first-order valence-corrected chi connectivity index (χ1v) is 12.3. The van der Waals surface area contributed by atoms with Gasteiger partial charge in [-0.05, 0) is 53.4 Å². The number of nitrogens with zero attached hydrogens (tertiary/aromatic N) is 6. The second-order valence-electron chi connectivity index (χ2n) is 10.4. The lowest BCUT2D eigenvalue weighted by Crippen LogP contribution is -2.50. The van der Waals surface area contributed by atoms with Crippen LogP contribution in [0.15, 0.2) is 0 Å². The predicted molar refractivity (Wildman–Crippen MR) is 129 cm³/mol. The monoisotopic (exact) mass is 458 g/mol. The molecule has 3 aliphatic rings. The summed E-state index contributed by atoms with van der Waals surface area (Å²) in [5.41, 5.74) is 0.420. The summed E-state index contributed by atoms with van der Waals surface area (Å²) < 4.78 is 5.55. The van der Waals surface area contributed by atoms with Crippen LogP contribution in [0.3, 0.4) is 0 Å². The van der Waals surface area contributed by atoms with E-state index >= 15 is 0 Å². The maximum atomic E-state index is 12.5. The Labute approximate surface area is 197 Å². The molecule has 4 heterocycles. The Bertz CT molecular complexity index is 864. The maximum absolute atomic E-state index is 12.5. The molecule has 1 aromatic heterocycles. The molecule has 3 saturated heterocycles. The summed E-state index contributed by atoms with van der Waals surface area (Å²) in [4.78, 5) is 43.4. The number of piperazine rings is 1. The van der Waals surface area contributed by atoms with Crippen molar-refractivity contribution in [3.8, 4) is 0 Å². The quantitative estimate of drug-likeness (QED) is 0.666. The van der Waals surface area contributed by atoms with E-state index in [0.29, 0.717) is 32.6 Å². The molecule has 3 fully saturated rings. The van der Waals surface area contributed by atoms with Crippen molar-refractivity contribution in [2.24, 2.45) is 0 Å². The van der Waals surface area contributed by atoms with E-state index in [1.54, 1.807) is 11.8 Å². The first-order chi connectivity index (χ1) is 15.7. The third-order valence-corrected chi connectivity index (χ3v) is 6.40. The van der Waals surface area contributed by atoms with Gasteiger partial charge in [0.25, 0.3) is 0 Å². The van der Waals surface area contributed by atoms with Crippen molar-refractivity contribution >= 4 is 29.5 Å². The number of carbonyl (C=O) groups excluding carboxylic acids is 2. The SMILES string of the molecule is CC(=O)Cc1c(N2CCCC2)nc(N2CCCC2)nc1N1CCN(C(=O)OC(C)(C)C)CC1. The highest BCUT2D eigenvalue weighted by Crippen LogP contribution is 2.34. The lowest BCUT2D eigenvalue weighted by Gasteiger charge is -2.37. The summed E-state index contributed by atoms with van der Waals surface area (Å²) in [5, 5.41) is 0. The lowest BCUT2D eigenvalue weighted by atomic mass is 10.1. The first-order valence-electron chi connectivity index (χ1n) is 12.3.